The van der Waals surface area contributed by atoms with Crippen LogP contribution in [0.3, 0.4) is 0 Å². The van der Waals surface area contributed by atoms with Gasteiger partial charge in [-0.25, -0.2) is 4.98 Å². The van der Waals surface area contributed by atoms with Crippen molar-refractivity contribution in [3.8, 4) is 0 Å². The summed E-state index contributed by atoms with van der Waals surface area (Å²) in [4.78, 5) is 5.15. The van der Waals surface area contributed by atoms with Crippen molar-refractivity contribution >= 4 is 27.4 Å². The lowest BCUT2D eigenvalue weighted by molar-refractivity contribution is 1.45. The predicted octanol–water partition coefficient (Wildman–Crippen LogP) is 1.88. The summed E-state index contributed by atoms with van der Waals surface area (Å²) in [5.74, 6) is 0.593. The van der Waals surface area contributed by atoms with Crippen LogP contribution >= 0.6 is 11.3 Å². The summed E-state index contributed by atoms with van der Waals surface area (Å²) in [7, 11) is 0. The van der Waals surface area contributed by atoms with Crippen molar-refractivity contribution in [3.05, 3.63) is 23.6 Å². The van der Waals surface area contributed by atoms with Crippen LogP contribution in [0, 0.1) is 0 Å². The first-order chi connectivity index (χ1) is 4.86. The average Bonchev–Trinajstić information content (AvgIpc) is 2.33. The molecule has 2 nitrogen and oxygen atoms in total. The van der Waals surface area contributed by atoms with E-state index in [1.807, 2.05) is 23.6 Å². The fraction of sp³-hybridized carbons (Fsp3) is 0. The molecule has 2 rings (SSSR count). The Morgan fingerprint density at radius 2 is 2.20 bits per heavy atom. The lowest BCUT2D eigenvalue weighted by Crippen LogP contribution is -1.86. The highest BCUT2D eigenvalue weighted by molar-refractivity contribution is 7.16. The van der Waals surface area contributed by atoms with E-state index in [1.54, 1.807) is 11.3 Å². The van der Waals surface area contributed by atoms with Crippen LogP contribution in [-0.4, -0.2) is 4.98 Å². The maximum Gasteiger partial charge on any atom is 0.125 e. The van der Waals surface area contributed by atoms with Gasteiger partial charge >= 0.3 is 0 Å². The number of anilines is 1. The Morgan fingerprint density at radius 3 is 3.10 bits per heavy atom. The lowest BCUT2D eigenvalue weighted by atomic mass is 10.3. The Hall–Kier alpha value is -1.09. The Labute approximate surface area is 62.3 Å². The Kier molecular flexibility index (Phi) is 1.11. The first-order valence-electron chi connectivity index (χ1n) is 2.96. The fourth-order valence-corrected chi connectivity index (χ4v) is 1.63. The molecule has 0 atom stereocenters. The number of fused-ring (bicyclic) bond motifs is 1. The molecule has 2 heterocycles. The molecule has 0 radical (unpaired) electrons. The van der Waals surface area contributed by atoms with Gasteiger partial charge < -0.3 is 5.73 Å². The third-order valence-corrected chi connectivity index (χ3v) is 2.16. The second-order valence-corrected chi connectivity index (χ2v) is 2.95. The first-order valence-corrected chi connectivity index (χ1v) is 3.84. The van der Waals surface area contributed by atoms with E-state index >= 15 is 0 Å². The first kappa shape index (κ1) is 5.68. The van der Waals surface area contributed by atoms with Crippen molar-refractivity contribution in [3.63, 3.8) is 0 Å². The van der Waals surface area contributed by atoms with E-state index in [0.29, 0.717) is 5.82 Å². The zero-order valence-corrected chi connectivity index (χ0v) is 6.06. The molecule has 2 aromatic heterocycles. The van der Waals surface area contributed by atoms with Crippen molar-refractivity contribution in [1.82, 2.24) is 4.98 Å². The van der Waals surface area contributed by atoms with Gasteiger partial charge in [-0.15, -0.1) is 11.3 Å². The number of aromatic nitrogens is 1. The smallest absolute Gasteiger partial charge is 0.125 e. The number of pyridine rings is 1. The van der Waals surface area contributed by atoms with Crippen molar-refractivity contribution < 1.29 is 0 Å². The summed E-state index contributed by atoms with van der Waals surface area (Å²) >= 11 is 1.61. The van der Waals surface area contributed by atoms with Gasteiger partial charge in [0.25, 0.3) is 0 Å². The molecule has 0 aliphatic heterocycles. The second kappa shape index (κ2) is 1.95. The molecule has 50 valence electrons. The summed E-state index contributed by atoms with van der Waals surface area (Å²) in [5.41, 5.74) is 5.48. The van der Waals surface area contributed by atoms with Crippen LogP contribution in [0.5, 0.6) is 0 Å². The standard InChI is InChI=1S/C7H6N2S/c8-6-2-1-5-3-4-10-7(5)9-6/h1-4H,(H2,8,9). The van der Waals surface area contributed by atoms with Crippen LogP contribution in [0.2, 0.25) is 0 Å². The molecule has 0 bridgehead atoms. The monoisotopic (exact) mass is 150 g/mol. The third-order valence-electron chi connectivity index (χ3n) is 1.34. The van der Waals surface area contributed by atoms with E-state index in [9.17, 15) is 0 Å². The molecule has 0 aromatic carbocycles. The van der Waals surface area contributed by atoms with Crippen molar-refractivity contribution in [2.24, 2.45) is 0 Å². The van der Waals surface area contributed by atoms with Gasteiger partial charge in [0, 0.05) is 5.39 Å². The van der Waals surface area contributed by atoms with E-state index in [-0.39, 0.29) is 0 Å². The Morgan fingerprint density at radius 1 is 1.30 bits per heavy atom. The van der Waals surface area contributed by atoms with Crippen LogP contribution in [0.15, 0.2) is 23.6 Å². The minimum absolute atomic E-state index is 0.593. The molecule has 0 saturated carbocycles. The molecule has 2 aromatic rings. The van der Waals surface area contributed by atoms with Gasteiger partial charge in [0.2, 0.25) is 0 Å². The van der Waals surface area contributed by atoms with Gasteiger partial charge in [-0.2, -0.15) is 0 Å². The summed E-state index contributed by atoms with van der Waals surface area (Å²) < 4.78 is 0. The van der Waals surface area contributed by atoms with Crippen molar-refractivity contribution in [2.75, 3.05) is 5.73 Å². The third kappa shape index (κ3) is 0.752. The highest BCUT2D eigenvalue weighted by atomic mass is 32.1. The highest BCUT2D eigenvalue weighted by Crippen LogP contribution is 2.18. The lowest BCUT2D eigenvalue weighted by Gasteiger charge is -1.89. The van der Waals surface area contributed by atoms with Gasteiger partial charge in [0.1, 0.15) is 10.6 Å². The normalized spacial score (nSPS) is 10.4. The second-order valence-electron chi connectivity index (χ2n) is 2.05. The topological polar surface area (TPSA) is 38.9 Å². The summed E-state index contributed by atoms with van der Waals surface area (Å²) in [5, 5.41) is 3.18. The molecule has 10 heavy (non-hydrogen) atoms. The van der Waals surface area contributed by atoms with Crippen LogP contribution in [-0.2, 0) is 0 Å². The maximum atomic E-state index is 5.48. The van der Waals surface area contributed by atoms with Gasteiger partial charge in [-0.05, 0) is 23.6 Å². The molecule has 0 aliphatic carbocycles. The quantitative estimate of drug-likeness (QED) is 0.622. The molecule has 0 aliphatic rings. The van der Waals surface area contributed by atoms with E-state index in [1.165, 1.54) is 5.39 Å². The van der Waals surface area contributed by atoms with E-state index in [2.05, 4.69) is 4.98 Å². The SMILES string of the molecule is Nc1ccc2ccsc2n1. The Balaban J connectivity index is 2.86. The molecule has 0 unspecified atom stereocenters. The molecule has 0 amide bonds. The number of nitrogens with two attached hydrogens (primary N) is 1. The highest BCUT2D eigenvalue weighted by Gasteiger charge is 1.93. The Bertz CT molecular complexity index is 353. The number of hydrogen-bond donors (Lipinski definition) is 1. The molecule has 3 heteroatoms. The van der Waals surface area contributed by atoms with E-state index in [0.717, 1.165) is 4.83 Å². The van der Waals surface area contributed by atoms with E-state index < -0.39 is 0 Å². The molecular formula is C7H6N2S. The van der Waals surface area contributed by atoms with Crippen LogP contribution in [0.1, 0.15) is 0 Å². The van der Waals surface area contributed by atoms with Gasteiger partial charge in [-0.3, -0.25) is 0 Å². The van der Waals surface area contributed by atoms with Gasteiger partial charge in [0.05, 0.1) is 0 Å². The fourth-order valence-electron chi connectivity index (χ4n) is 0.859. The summed E-state index contributed by atoms with van der Waals surface area (Å²) in [6.07, 6.45) is 0. The molecule has 0 spiro atoms. The number of nitrogens with zero attached hydrogens (tertiary/aromatic N) is 1. The summed E-state index contributed by atoms with van der Waals surface area (Å²) in [6.45, 7) is 0. The largest absolute Gasteiger partial charge is 0.384 e. The zero-order valence-electron chi connectivity index (χ0n) is 5.24. The number of thiophene rings is 1. The van der Waals surface area contributed by atoms with Gasteiger partial charge in [-0.1, -0.05) is 0 Å². The predicted molar refractivity (Wildman–Crippen MR) is 44.0 cm³/mol. The molecular weight excluding hydrogens is 144 g/mol. The van der Waals surface area contributed by atoms with Crippen LogP contribution in [0.25, 0.3) is 10.2 Å². The van der Waals surface area contributed by atoms with E-state index in [4.69, 9.17) is 5.73 Å². The molecule has 0 saturated heterocycles. The minimum Gasteiger partial charge on any atom is -0.384 e. The number of nitrogen functional groups attached to an aromatic ring is 1. The number of rotatable bonds is 0. The number of hydrogen-bond acceptors (Lipinski definition) is 3. The van der Waals surface area contributed by atoms with Crippen LogP contribution in [0.4, 0.5) is 5.82 Å². The maximum absolute atomic E-state index is 5.48. The van der Waals surface area contributed by atoms with Crippen molar-refractivity contribution in [1.29, 1.82) is 0 Å². The average molecular weight is 150 g/mol. The minimum atomic E-state index is 0.593. The van der Waals surface area contributed by atoms with Gasteiger partial charge in [0.15, 0.2) is 0 Å². The molecule has 0 fully saturated rings. The van der Waals surface area contributed by atoms with Crippen molar-refractivity contribution in [2.45, 2.75) is 0 Å². The summed E-state index contributed by atoms with van der Waals surface area (Å²) in [6, 6.07) is 5.83. The zero-order chi connectivity index (χ0) is 6.97. The molecule has 2 N–H and O–H groups in total. The van der Waals surface area contributed by atoms with Crippen LogP contribution < -0.4 is 5.73 Å².